The fourth-order valence-corrected chi connectivity index (χ4v) is 1.08. The Morgan fingerprint density at radius 1 is 1.56 bits per heavy atom. The molecule has 7 heteroatoms. The molecule has 0 fully saturated rings. The van der Waals surface area contributed by atoms with Crippen molar-refractivity contribution in [3.05, 3.63) is 39.7 Å². The Balaban J connectivity index is 3.26. The lowest BCUT2D eigenvalue weighted by atomic mass is 9.96. The standard InChI is InChI=1S/C9H8FNO5/c1-9(14,8(12)13)5-2-3-7(11(15)16)6(10)4-5/h2-4,14H,1H3,(H,12,13). The average molecular weight is 229 g/mol. The van der Waals surface area contributed by atoms with E-state index in [1.165, 1.54) is 0 Å². The van der Waals surface area contributed by atoms with E-state index in [1.54, 1.807) is 0 Å². The van der Waals surface area contributed by atoms with Gasteiger partial charge in [0.1, 0.15) is 0 Å². The highest BCUT2D eigenvalue weighted by atomic mass is 19.1. The second-order valence-electron chi connectivity index (χ2n) is 3.30. The second-order valence-corrected chi connectivity index (χ2v) is 3.30. The third-order valence-electron chi connectivity index (χ3n) is 2.12. The van der Waals surface area contributed by atoms with Crippen molar-refractivity contribution in [2.24, 2.45) is 0 Å². The van der Waals surface area contributed by atoms with Crippen LogP contribution in [-0.2, 0) is 10.4 Å². The maximum absolute atomic E-state index is 13.1. The van der Waals surface area contributed by atoms with Gasteiger partial charge >= 0.3 is 11.7 Å². The Labute approximate surface area is 89.1 Å². The van der Waals surface area contributed by atoms with Gasteiger partial charge in [-0.15, -0.1) is 0 Å². The molecule has 1 rings (SSSR count). The number of carboxylic acid groups (broad SMARTS) is 1. The highest BCUT2D eigenvalue weighted by Gasteiger charge is 2.33. The molecule has 1 unspecified atom stereocenters. The number of halogens is 1. The first-order chi connectivity index (χ1) is 7.26. The third-order valence-corrected chi connectivity index (χ3v) is 2.12. The minimum Gasteiger partial charge on any atom is -0.479 e. The highest BCUT2D eigenvalue weighted by molar-refractivity contribution is 5.78. The van der Waals surface area contributed by atoms with E-state index in [-0.39, 0.29) is 5.56 Å². The molecule has 16 heavy (non-hydrogen) atoms. The van der Waals surface area contributed by atoms with Crippen LogP contribution in [0, 0.1) is 15.9 Å². The summed E-state index contributed by atoms with van der Waals surface area (Å²) in [6.45, 7) is 0.954. The van der Waals surface area contributed by atoms with Crippen LogP contribution in [0.3, 0.4) is 0 Å². The summed E-state index contributed by atoms with van der Waals surface area (Å²) in [5, 5.41) is 28.4. The summed E-state index contributed by atoms with van der Waals surface area (Å²) in [4.78, 5) is 20.0. The van der Waals surface area contributed by atoms with Gasteiger partial charge < -0.3 is 10.2 Å². The normalized spacial score (nSPS) is 14.2. The van der Waals surface area contributed by atoms with Crippen molar-refractivity contribution in [3.8, 4) is 0 Å². The number of carboxylic acids is 1. The summed E-state index contributed by atoms with van der Waals surface area (Å²) >= 11 is 0. The van der Waals surface area contributed by atoms with Gasteiger partial charge in [0.2, 0.25) is 5.82 Å². The molecule has 0 amide bonds. The van der Waals surface area contributed by atoms with Crippen molar-refractivity contribution in [3.63, 3.8) is 0 Å². The molecule has 0 saturated carbocycles. The lowest BCUT2D eigenvalue weighted by molar-refractivity contribution is -0.387. The van der Waals surface area contributed by atoms with Crippen LogP contribution in [0.2, 0.25) is 0 Å². The van der Waals surface area contributed by atoms with Crippen molar-refractivity contribution >= 4 is 11.7 Å². The monoisotopic (exact) mass is 229 g/mol. The second kappa shape index (κ2) is 3.86. The summed E-state index contributed by atoms with van der Waals surface area (Å²) in [7, 11) is 0. The van der Waals surface area contributed by atoms with Crippen LogP contribution in [0.5, 0.6) is 0 Å². The van der Waals surface area contributed by atoms with Gasteiger partial charge in [-0.25, -0.2) is 4.79 Å². The SMILES string of the molecule is CC(O)(C(=O)O)c1ccc([N+](=O)[O-])c(F)c1. The van der Waals surface area contributed by atoms with Crippen molar-refractivity contribution in [1.82, 2.24) is 0 Å². The lowest BCUT2D eigenvalue weighted by Crippen LogP contribution is -2.31. The number of hydrogen-bond acceptors (Lipinski definition) is 4. The predicted molar refractivity (Wildman–Crippen MR) is 50.3 cm³/mol. The number of aliphatic hydroxyl groups is 1. The summed E-state index contributed by atoms with van der Waals surface area (Å²) in [5.74, 6) is -2.76. The molecule has 0 spiro atoms. The van der Waals surface area contributed by atoms with Crippen molar-refractivity contribution in [2.45, 2.75) is 12.5 Å². The molecule has 0 aromatic heterocycles. The first kappa shape index (κ1) is 12.1. The molecule has 2 N–H and O–H groups in total. The number of benzene rings is 1. The van der Waals surface area contributed by atoms with E-state index < -0.39 is 28.0 Å². The van der Waals surface area contributed by atoms with Crippen LogP contribution in [0.1, 0.15) is 12.5 Å². The van der Waals surface area contributed by atoms with Crippen LogP contribution < -0.4 is 0 Å². The number of rotatable bonds is 3. The molecule has 0 saturated heterocycles. The Morgan fingerprint density at radius 2 is 2.12 bits per heavy atom. The largest absolute Gasteiger partial charge is 0.479 e. The first-order valence-electron chi connectivity index (χ1n) is 4.17. The minimum atomic E-state index is -2.28. The average Bonchev–Trinajstić information content (AvgIpc) is 2.16. The molecule has 0 aliphatic rings. The molecular formula is C9H8FNO5. The molecule has 0 heterocycles. The summed E-state index contributed by atoms with van der Waals surface area (Å²) < 4.78 is 13.1. The van der Waals surface area contributed by atoms with Gasteiger partial charge in [-0.1, -0.05) is 0 Å². The van der Waals surface area contributed by atoms with Crippen molar-refractivity contribution in [1.29, 1.82) is 0 Å². The molecule has 6 nitrogen and oxygen atoms in total. The zero-order valence-corrected chi connectivity index (χ0v) is 8.18. The Kier molecular flexibility index (Phi) is 2.90. The topological polar surface area (TPSA) is 101 Å². The highest BCUT2D eigenvalue weighted by Crippen LogP contribution is 2.25. The minimum absolute atomic E-state index is 0.261. The number of hydrogen-bond donors (Lipinski definition) is 2. The molecular weight excluding hydrogens is 221 g/mol. The molecule has 0 aliphatic carbocycles. The van der Waals surface area contributed by atoms with E-state index in [0.29, 0.717) is 6.07 Å². The van der Waals surface area contributed by atoms with E-state index in [1.807, 2.05) is 0 Å². The van der Waals surface area contributed by atoms with E-state index in [2.05, 4.69) is 0 Å². The summed E-state index contributed by atoms with van der Waals surface area (Å²) in [5.41, 5.74) is -3.32. The zero-order chi connectivity index (χ0) is 12.5. The van der Waals surface area contributed by atoms with E-state index >= 15 is 0 Å². The summed E-state index contributed by atoms with van der Waals surface area (Å²) in [6, 6.07) is 2.43. The lowest BCUT2D eigenvalue weighted by Gasteiger charge is -2.17. The zero-order valence-electron chi connectivity index (χ0n) is 8.18. The number of nitro benzene ring substituents is 1. The van der Waals surface area contributed by atoms with Crippen molar-refractivity contribution in [2.75, 3.05) is 0 Å². The fourth-order valence-electron chi connectivity index (χ4n) is 1.08. The third kappa shape index (κ3) is 1.98. The quantitative estimate of drug-likeness (QED) is 0.595. The van der Waals surface area contributed by atoms with Crippen LogP contribution in [0.15, 0.2) is 18.2 Å². The predicted octanol–water partition coefficient (Wildman–Crippen LogP) is 1.03. The van der Waals surface area contributed by atoms with Crippen LogP contribution in [0.25, 0.3) is 0 Å². The van der Waals surface area contributed by atoms with Crippen LogP contribution >= 0.6 is 0 Å². The van der Waals surface area contributed by atoms with Gasteiger partial charge in [0, 0.05) is 6.07 Å². The molecule has 0 radical (unpaired) electrons. The van der Waals surface area contributed by atoms with E-state index in [4.69, 9.17) is 5.11 Å². The maximum atomic E-state index is 13.1. The molecule has 1 aromatic carbocycles. The first-order valence-corrected chi connectivity index (χ1v) is 4.17. The summed E-state index contributed by atoms with van der Waals surface area (Å²) in [6.07, 6.45) is 0. The number of nitrogens with zero attached hydrogens (tertiary/aromatic N) is 1. The van der Waals surface area contributed by atoms with Gasteiger partial charge in [0.15, 0.2) is 5.60 Å². The number of aliphatic carboxylic acids is 1. The molecule has 1 aromatic rings. The molecule has 1 atom stereocenters. The fraction of sp³-hybridized carbons (Fsp3) is 0.222. The van der Waals surface area contributed by atoms with Gasteiger partial charge in [-0.3, -0.25) is 10.1 Å². The van der Waals surface area contributed by atoms with Gasteiger partial charge in [-0.05, 0) is 24.6 Å². The van der Waals surface area contributed by atoms with Gasteiger partial charge in [0.25, 0.3) is 0 Å². The maximum Gasteiger partial charge on any atom is 0.340 e. The van der Waals surface area contributed by atoms with E-state index in [0.717, 1.165) is 19.1 Å². The van der Waals surface area contributed by atoms with E-state index in [9.17, 15) is 24.4 Å². The van der Waals surface area contributed by atoms with Crippen molar-refractivity contribution < 1.29 is 24.3 Å². The Hall–Kier alpha value is -2.02. The Bertz CT molecular complexity index is 457. The smallest absolute Gasteiger partial charge is 0.340 e. The van der Waals surface area contributed by atoms with Gasteiger partial charge in [-0.2, -0.15) is 4.39 Å². The Morgan fingerprint density at radius 3 is 2.50 bits per heavy atom. The molecule has 0 bridgehead atoms. The van der Waals surface area contributed by atoms with Crippen LogP contribution in [-0.4, -0.2) is 21.1 Å². The molecule has 0 aliphatic heterocycles. The molecule has 86 valence electrons. The van der Waals surface area contributed by atoms with Crippen LogP contribution in [0.4, 0.5) is 10.1 Å². The number of nitro groups is 1. The number of carbonyl (C=O) groups is 1. The van der Waals surface area contributed by atoms with Gasteiger partial charge in [0.05, 0.1) is 4.92 Å².